The van der Waals surface area contributed by atoms with Gasteiger partial charge in [0.2, 0.25) is 0 Å². The summed E-state index contributed by atoms with van der Waals surface area (Å²) in [6.07, 6.45) is 0. The third-order valence-electron chi connectivity index (χ3n) is 2.66. The fourth-order valence-electron chi connectivity index (χ4n) is 1.59. The molecule has 1 atom stereocenters. The predicted molar refractivity (Wildman–Crippen MR) is 78.9 cm³/mol. The lowest BCUT2D eigenvalue weighted by atomic mass is 10.1. The SMILES string of the molecule is CC(=O)COC(=O)[C@H](NC(=O)Nc1ccccc1)C(C)C. The number of rotatable bonds is 6. The van der Waals surface area contributed by atoms with Gasteiger partial charge < -0.3 is 15.4 Å². The number of hydrogen-bond donors (Lipinski definition) is 2. The van der Waals surface area contributed by atoms with Crippen molar-refractivity contribution in [1.82, 2.24) is 5.32 Å². The average molecular weight is 292 g/mol. The molecule has 0 radical (unpaired) electrons. The first kappa shape index (κ1) is 16.7. The molecule has 0 aliphatic heterocycles. The number of urea groups is 1. The third kappa shape index (κ3) is 6.07. The lowest BCUT2D eigenvalue weighted by molar-refractivity contribution is -0.150. The largest absolute Gasteiger partial charge is 0.456 e. The zero-order valence-corrected chi connectivity index (χ0v) is 12.4. The number of amides is 2. The Morgan fingerprint density at radius 2 is 1.76 bits per heavy atom. The first-order chi connectivity index (χ1) is 9.90. The smallest absolute Gasteiger partial charge is 0.329 e. The minimum absolute atomic E-state index is 0.161. The molecule has 6 heteroatoms. The number of anilines is 1. The maximum Gasteiger partial charge on any atom is 0.329 e. The van der Waals surface area contributed by atoms with Crippen molar-refractivity contribution in [3.8, 4) is 0 Å². The van der Waals surface area contributed by atoms with E-state index in [0.29, 0.717) is 5.69 Å². The van der Waals surface area contributed by atoms with Crippen LogP contribution < -0.4 is 10.6 Å². The van der Waals surface area contributed by atoms with Crippen LogP contribution >= 0.6 is 0 Å². The molecule has 1 rings (SSSR count). The van der Waals surface area contributed by atoms with Gasteiger partial charge >= 0.3 is 12.0 Å². The van der Waals surface area contributed by atoms with Gasteiger partial charge in [-0.15, -0.1) is 0 Å². The van der Waals surface area contributed by atoms with Gasteiger partial charge in [0, 0.05) is 5.69 Å². The van der Waals surface area contributed by atoms with E-state index in [2.05, 4.69) is 10.6 Å². The molecular formula is C15H20N2O4. The van der Waals surface area contributed by atoms with E-state index in [1.54, 1.807) is 38.1 Å². The van der Waals surface area contributed by atoms with Gasteiger partial charge in [-0.2, -0.15) is 0 Å². The molecule has 0 spiro atoms. The van der Waals surface area contributed by atoms with Gasteiger partial charge in [0.1, 0.15) is 12.6 Å². The van der Waals surface area contributed by atoms with Gasteiger partial charge in [0.15, 0.2) is 5.78 Å². The highest BCUT2D eigenvalue weighted by Crippen LogP contribution is 2.07. The third-order valence-corrected chi connectivity index (χ3v) is 2.66. The molecule has 0 saturated carbocycles. The number of hydrogen-bond acceptors (Lipinski definition) is 4. The Kier molecular flexibility index (Phi) is 6.39. The topological polar surface area (TPSA) is 84.5 Å². The summed E-state index contributed by atoms with van der Waals surface area (Å²) >= 11 is 0. The molecule has 0 bridgehead atoms. The van der Waals surface area contributed by atoms with Crippen LogP contribution in [0.4, 0.5) is 10.5 Å². The first-order valence-corrected chi connectivity index (χ1v) is 6.68. The fourth-order valence-corrected chi connectivity index (χ4v) is 1.59. The number of ether oxygens (including phenoxy) is 1. The summed E-state index contributed by atoms with van der Waals surface area (Å²) < 4.78 is 4.85. The van der Waals surface area contributed by atoms with Crippen LogP contribution in [0.5, 0.6) is 0 Å². The van der Waals surface area contributed by atoms with Crippen molar-refractivity contribution in [2.24, 2.45) is 5.92 Å². The molecule has 0 aliphatic carbocycles. The summed E-state index contributed by atoms with van der Waals surface area (Å²) in [4.78, 5) is 34.6. The minimum Gasteiger partial charge on any atom is -0.456 e. The zero-order chi connectivity index (χ0) is 15.8. The molecule has 0 aromatic heterocycles. The van der Waals surface area contributed by atoms with Crippen molar-refractivity contribution in [3.63, 3.8) is 0 Å². The molecule has 2 N–H and O–H groups in total. The van der Waals surface area contributed by atoms with Gasteiger partial charge in [-0.25, -0.2) is 9.59 Å². The number of benzene rings is 1. The average Bonchev–Trinajstić information content (AvgIpc) is 2.43. The van der Waals surface area contributed by atoms with Gasteiger partial charge in [0.05, 0.1) is 0 Å². The van der Waals surface area contributed by atoms with Crippen molar-refractivity contribution >= 4 is 23.5 Å². The van der Waals surface area contributed by atoms with Gasteiger partial charge in [-0.1, -0.05) is 32.0 Å². The number of para-hydroxylation sites is 1. The van der Waals surface area contributed by atoms with Gasteiger partial charge in [-0.3, -0.25) is 4.79 Å². The second kappa shape index (κ2) is 8.04. The lowest BCUT2D eigenvalue weighted by Gasteiger charge is -2.20. The molecule has 1 aromatic rings. The summed E-state index contributed by atoms with van der Waals surface area (Å²) in [6, 6.07) is 7.57. The zero-order valence-electron chi connectivity index (χ0n) is 12.4. The number of carbonyl (C=O) groups excluding carboxylic acids is 3. The molecule has 0 unspecified atom stereocenters. The van der Waals surface area contributed by atoms with Crippen molar-refractivity contribution in [1.29, 1.82) is 0 Å². The Morgan fingerprint density at radius 1 is 1.14 bits per heavy atom. The molecule has 0 aliphatic rings. The summed E-state index contributed by atoms with van der Waals surface area (Å²) in [5, 5.41) is 5.17. The van der Waals surface area contributed by atoms with Crippen molar-refractivity contribution in [2.45, 2.75) is 26.8 Å². The maximum atomic E-state index is 11.9. The Bertz CT molecular complexity index is 500. The number of carbonyl (C=O) groups is 3. The molecule has 2 amide bonds. The Balaban J connectivity index is 2.59. The van der Waals surface area contributed by atoms with Gasteiger partial charge in [0.25, 0.3) is 0 Å². The summed E-state index contributed by atoms with van der Waals surface area (Å²) in [5.74, 6) is -1.03. The second-order valence-corrected chi connectivity index (χ2v) is 5.00. The van der Waals surface area contributed by atoms with Gasteiger partial charge in [-0.05, 0) is 25.0 Å². The van der Waals surface area contributed by atoms with Crippen LogP contribution in [0.25, 0.3) is 0 Å². The molecule has 21 heavy (non-hydrogen) atoms. The van der Waals surface area contributed by atoms with Crippen molar-refractivity contribution in [2.75, 3.05) is 11.9 Å². The quantitative estimate of drug-likeness (QED) is 0.785. The number of esters is 1. The standard InChI is InChI=1S/C15H20N2O4/c1-10(2)13(14(19)21-9-11(3)18)17-15(20)16-12-7-5-4-6-8-12/h4-8,10,13H,9H2,1-3H3,(H2,16,17,20)/t13-/m1/s1. The maximum absolute atomic E-state index is 11.9. The highest BCUT2D eigenvalue weighted by Gasteiger charge is 2.26. The van der Waals surface area contributed by atoms with Crippen molar-refractivity contribution < 1.29 is 19.1 Å². The van der Waals surface area contributed by atoms with Crippen LogP contribution in [0.3, 0.4) is 0 Å². The number of Topliss-reactive ketones (excluding diaryl/α,β-unsaturated/α-hetero) is 1. The molecule has 6 nitrogen and oxygen atoms in total. The lowest BCUT2D eigenvalue weighted by Crippen LogP contribution is -2.47. The van der Waals surface area contributed by atoms with E-state index < -0.39 is 18.0 Å². The Morgan fingerprint density at radius 3 is 2.29 bits per heavy atom. The van der Waals surface area contributed by atoms with Crippen LogP contribution in [-0.2, 0) is 14.3 Å². The van der Waals surface area contributed by atoms with Crippen LogP contribution in [0.1, 0.15) is 20.8 Å². The minimum atomic E-state index is -0.812. The Hall–Kier alpha value is -2.37. The van der Waals surface area contributed by atoms with E-state index in [4.69, 9.17) is 4.74 Å². The molecule has 0 fully saturated rings. The highest BCUT2D eigenvalue weighted by atomic mass is 16.5. The van der Waals surface area contributed by atoms with E-state index in [1.807, 2.05) is 6.07 Å². The van der Waals surface area contributed by atoms with Crippen LogP contribution in [0.15, 0.2) is 30.3 Å². The molecule has 0 heterocycles. The molecule has 114 valence electrons. The number of ketones is 1. The molecule has 1 aromatic carbocycles. The molecular weight excluding hydrogens is 272 g/mol. The van der Waals surface area contributed by atoms with E-state index in [9.17, 15) is 14.4 Å². The second-order valence-electron chi connectivity index (χ2n) is 5.00. The summed E-state index contributed by atoms with van der Waals surface area (Å²) in [5.41, 5.74) is 0.620. The summed E-state index contributed by atoms with van der Waals surface area (Å²) in [7, 11) is 0. The van der Waals surface area contributed by atoms with E-state index >= 15 is 0 Å². The monoisotopic (exact) mass is 292 g/mol. The number of nitrogens with one attached hydrogen (secondary N) is 2. The van der Waals surface area contributed by atoms with E-state index in [-0.39, 0.29) is 18.3 Å². The van der Waals surface area contributed by atoms with Crippen molar-refractivity contribution in [3.05, 3.63) is 30.3 Å². The Labute approximate surface area is 123 Å². The predicted octanol–water partition coefficient (Wildman–Crippen LogP) is 1.96. The van der Waals surface area contributed by atoms with Crippen LogP contribution in [0, 0.1) is 5.92 Å². The van der Waals surface area contributed by atoms with E-state index in [0.717, 1.165) is 0 Å². The highest BCUT2D eigenvalue weighted by molar-refractivity contribution is 5.93. The van der Waals surface area contributed by atoms with Crippen LogP contribution in [0.2, 0.25) is 0 Å². The first-order valence-electron chi connectivity index (χ1n) is 6.68. The summed E-state index contributed by atoms with van der Waals surface area (Å²) in [6.45, 7) is 4.60. The molecule has 0 saturated heterocycles. The normalized spacial score (nSPS) is 11.6. The van der Waals surface area contributed by atoms with E-state index in [1.165, 1.54) is 6.92 Å². The fraction of sp³-hybridized carbons (Fsp3) is 0.400. The van der Waals surface area contributed by atoms with Crippen LogP contribution in [-0.4, -0.2) is 30.4 Å².